The van der Waals surface area contributed by atoms with Crippen molar-refractivity contribution < 1.29 is 9.53 Å². The van der Waals surface area contributed by atoms with Gasteiger partial charge in [-0.1, -0.05) is 25.7 Å². The number of nitrogens with two attached hydrogens (primary N) is 1. The monoisotopic (exact) mass is 211 g/mol. The Morgan fingerprint density at radius 2 is 1.93 bits per heavy atom. The third-order valence-corrected chi connectivity index (χ3v) is 4.25. The Balaban J connectivity index is 2.04. The first-order valence-corrected chi connectivity index (χ1v) is 6.03. The van der Waals surface area contributed by atoms with Crippen molar-refractivity contribution in [3.8, 4) is 0 Å². The maximum atomic E-state index is 11.6. The Bertz CT molecular complexity index is 254. The molecule has 0 radical (unpaired) electrons. The molecule has 3 nitrogen and oxygen atoms in total. The lowest BCUT2D eigenvalue weighted by atomic mass is 9.65. The van der Waals surface area contributed by atoms with Crippen LogP contribution < -0.4 is 5.73 Å². The van der Waals surface area contributed by atoms with E-state index in [1.54, 1.807) is 0 Å². The molecule has 0 aromatic rings. The third-order valence-electron chi connectivity index (χ3n) is 4.25. The second-order valence-corrected chi connectivity index (χ2v) is 5.20. The molecule has 0 spiro atoms. The molecule has 0 aromatic carbocycles. The van der Waals surface area contributed by atoms with Crippen molar-refractivity contribution in [2.75, 3.05) is 7.11 Å². The Morgan fingerprint density at radius 3 is 2.60 bits per heavy atom. The molecule has 0 amide bonds. The first-order chi connectivity index (χ1) is 7.15. The smallest absolute Gasteiger partial charge is 0.325 e. The number of carbonyl (C=O) groups is 1. The molecule has 3 unspecified atom stereocenters. The number of carbonyl (C=O) groups excluding carboxylic acids is 1. The van der Waals surface area contributed by atoms with E-state index in [4.69, 9.17) is 10.5 Å². The van der Waals surface area contributed by atoms with Crippen LogP contribution in [0.25, 0.3) is 0 Å². The van der Waals surface area contributed by atoms with Gasteiger partial charge in [-0.15, -0.1) is 0 Å². The zero-order chi connectivity index (χ0) is 10.9. The molecule has 2 fully saturated rings. The van der Waals surface area contributed by atoms with E-state index < -0.39 is 5.54 Å². The van der Waals surface area contributed by atoms with Gasteiger partial charge in [0.05, 0.1) is 7.11 Å². The molecule has 0 aliphatic heterocycles. The van der Waals surface area contributed by atoms with Crippen molar-refractivity contribution in [1.29, 1.82) is 0 Å². The Hall–Kier alpha value is -0.570. The summed E-state index contributed by atoms with van der Waals surface area (Å²) in [6.45, 7) is 0. The van der Waals surface area contributed by atoms with Crippen LogP contribution in [-0.2, 0) is 9.53 Å². The van der Waals surface area contributed by atoms with E-state index in [1.165, 1.54) is 32.8 Å². The van der Waals surface area contributed by atoms with E-state index in [-0.39, 0.29) is 5.97 Å². The van der Waals surface area contributed by atoms with Gasteiger partial charge in [0.2, 0.25) is 0 Å². The molecule has 0 aromatic heterocycles. The maximum Gasteiger partial charge on any atom is 0.325 e. The summed E-state index contributed by atoms with van der Waals surface area (Å²) >= 11 is 0. The molecular formula is C12H21NO2. The van der Waals surface area contributed by atoms with Gasteiger partial charge in [-0.2, -0.15) is 0 Å². The van der Waals surface area contributed by atoms with Crippen molar-refractivity contribution in [3.05, 3.63) is 0 Å². The third kappa shape index (κ3) is 2.03. The second kappa shape index (κ2) is 4.12. The zero-order valence-corrected chi connectivity index (χ0v) is 9.50. The van der Waals surface area contributed by atoms with Gasteiger partial charge >= 0.3 is 5.97 Å². The second-order valence-electron chi connectivity index (χ2n) is 5.20. The van der Waals surface area contributed by atoms with E-state index in [1.807, 2.05) is 0 Å². The number of fused-ring (bicyclic) bond motifs is 1. The Morgan fingerprint density at radius 1 is 1.27 bits per heavy atom. The molecule has 2 rings (SSSR count). The summed E-state index contributed by atoms with van der Waals surface area (Å²) in [5, 5.41) is 0. The molecule has 2 saturated carbocycles. The van der Waals surface area contributed by atoms with Crippen LogP contribution in [0.3, 0.4) is 0 Å². The van der Waals surface area contributed by atoms with E-state index in [0.717, 1.165) is 25.2 Å². The molecule has 3 atom stereocenters. The topological polar surface area (TPSA) is 52.3 Å². The van der Waals surface area contributed by atoms with Crippen LogP contribution in [0.5, 0.6) is 0 Å². The first-order valence-electron chi connectivity index (χ1n) is 6.03. The minimum absolute atomic E-state index is 0.216. The highest BCUT2D eigenvalue weighted by Gasteiger charge is 2.44. The normalized spacial score (nSPS) is 40.7. The zero-order valence-electron chi connectivity index (χ0n) is 9.50. The van der Waals surface area contributed by atoms with Crippen LogP contribution in [0.2, 0.25) is 0 Å². The Kier molecular flexibility index (Phi) is 3.01. The van der Waals surface area contributed by atoms with Gasteiger partial charge in [0.15, 0.2) is 0 Å². The van der Waals surface area contributed by atoms with Crippen LogP contribution >= 0.6 is 0 Å². The molecule has 0 bridgehead atoms. The highest BCUT2D eigenvalue weighted by atomic mass is 16.5. The number of esters is 1. The highest BCUT2D eigenvalue weighted by molar-refractivity contribution is 5.80. The van der Waals surface area contributed by atoms with Crippen molar-refractivity contribution >= 4 is 5.97 Å². The van der Waals surface area contributed by atoms with Crippen LogP contribution in [0, 0.1) is 11.8 Å². The van der Waals surface area contributed by atoms with Crippen molar-refractivity contribution in [1.82, 2.24) is 0 Å². The number of methoxy groups -OCH3 is 1. The summed E-state index contributed by atoms with van der Waals surface area (Å²) in [6.07, 6.45) is 8.00. The predicted octanol–water partition coefficient (Wildman–Crippen LogP) is 1.85. The average molecular weight is 211 g/mol. The lowest BCUT2D eigenvalue weighted by Crippen LogP contribution is -2.54. The van der Waals surface area contributed by atoms with E-state index in [2.05, 4.69) is 0 Å². The molecule has 2 N–H and O–H groups in total. The van der Waals surface area contributed by atoms with Gasteiger partial charge in [0.1, 0.15) is 5.54 Å². The molecule has 0 saturated heterocycles. The molecule has 86 valence electrons. The minimum atomic E-state index is -0.687. The van der Waals surface area contributed by atoms with Gasteiger partial charge in [-0.3, -0.25) is 4.79 Å². The van der Waals surface area contributed by atoms with E-state index in [9.17, 15) is 4.79 Å². The summed E-state index contributed by atoms with van der Waals surface area (Å²) in [7, 11) is 1.43. The fourth-order valence-corrected chi connectivity index (χ4v) is 3.33. The van der Waals surface area contributed by atoms with Crippen LogP contribution in [-0.4, -0.2) is 18.6 Å². The van der Waals surface area contributed by atoms with Crippen molar-refractivity contribution in [2.45, 2.75) is 50.5 Å². The lowest BCUT2D eigenvalue weighted by Gasteiger charge is -2.43. The molecule has 2 aliphatic carbocycles. The van der Waals surface area contributed by atoms with Crippen LogP contribution in [0.4, 0.5) is 0 Å². The Labute approximate surface area is 91.4 Å². The fraction of sp³-hybridized carbons (Fsp3) is 0.917. The van der Waals surface area contributed by atoms with Gasteiger partial charge in [0, 0.05) is 0 Å². The molecule has 2 aliphatic rings. The van der Waals surface area contributed by atoms with Gasteiger partial charge < -0.3 is 10.5 Å². The quantitative estimate of drug-likeness (QED) is 0.673. The number of hydrogen-bond acceptors (Lipinski definition) is 3. The number of rotatable bonds is 1. The van der Waals surface area contributed by atoms with Gasteiger partial charge in [0.25, 0.3) is 0 Å². The number of ether oxygens (including phenoxy) is 1. The average Bonchev–Trinajstić information content (AvgIpc) is 2.27. The van der Waals surface area contributed by atoms with Crippen LogP contribution in [0.15, 0.2) is 0 Å². The standard InChI is InChI=1S/C12H21NO2/c1-15-11(14)12(13)7-6-9-4-2-3-5-10(9)8-12/h9-10H,2-8,13H2,1H3. The SMILES string of the molecule is COC(=O)C1(N)CCC2CCCCC2C1. The largest absolute Gasteiger partial charge is 0.468 e. The lowest BCUT2D eigenvalue weighted by molar-refractivity contribution is -0.150. The summed E-state index contributed by atoms with van der Waals surface area (Å²) in [6, 6.07) is 0. The van der Waals surface area contributed by atoms with E-state index in [0.29, 0.717) is 5.92 Å². The van der Waals surface area contributed by atoms with E-state index >= 15 is 0 Å². The van der Waals surface area contributed by atoms with Crippen molar-refractivity contribution in [3.63, 3.8) is 0 Å². The first kappa shape index (κ1) is 10.9. The molecule has 3 heteroatoms. The summed E-state index contributed by atoms with van der Waals surface area (Å²) in [4.78, 5) is 11.6. The van der Waals surface area contributed by atoms with Gasteiger partial charge in [-0.25, -0.2) is 0 Å². The molecule has 15 heavy (non-hydrogen) atoms. The van der Waals surface area contributed by atoms with Crippen LogP contribution in [0.1, 0.15) is 44.9 Å². The van der Waals surface area contributed by atoms with Gasteiger partial charge in [-0.05, 0) is 31.1 Å². The molecule has 0 heterocycles. The summed E-state index contributed by atoms with van der Waals surface area (Å²) < 4.78 is 4.81. The summed E-state index contributed by atoms with van der Waals surface area (Å²) in [5.74, 6) is 1.27. The minimum Gasteiger partial charge on any atom is -0.468 e. The number of hydrogen-bond donors (Lipinski definition) is 1. The fourth-order valence-electron chi connectivity index (χ4n) is 3.33. The highest BCUT2D eigenvalue weighted by Crippen LogP contribution is 2.43. The summed E-state index contributed by atoms with van der Waals surface area (Å²) in [5.41, 5.74) is 5.46. The maximum absolute atomic E-state index is 11.6. The predicted molar refractivity (Wildman–Crippen MR) is 58.2 cm³/mol. The molecular weight excluding hydrogens is 190 g/mol. The van der Waals surface area contributed by atoms with Crippen molar-refractivity contribution in [2.24, 2.45) is 17.6 Å².